The van der Waals surface area contributed by atoms with Gasteiger partial charge >= 0.3 is 6.18 Å². The van der Waals surface area contributed by atoms with Crippen LogP contribution < -0.4 is 0 Å². The van der Waals surface area contributed by atoms with Crippen LogP contribution >= 0.6 is 0 Å². The number of nitrogens with zero attached hydrogens (tertiary/aromatic N) is 3. The average molecular weight is 479 g/mol. The van der Waals surface area contributed by atoms with E-state index in [2.05, 4.69) is 4.98 Å². The Morgan fingerprint density at radius 2 is 1.79 bits per heavy atom. The zero-order valence-corrected chi connectivity index (χ0v) is 18.1. The van der Waals surface area contributed by atoms with Crippen LogP contribution in [0.3, 0.4) is 0 Å². The van der Waals surface area contributed by atoms with Crippen molar-refractivity contribution in [3.8, 4) is 0 Å². The van der Waals surface area contributed by atoms with Crippen molar-refractivity contribution >= 4 is 5.91 Å². The number of rotatable bonds is 7. The molecule has 1 saturated heterocycles. The van der Waals surface area contributed by atoms with Crippen LogP contribution in [0.4, 0.5) is 22.0 Å². The number of hydrogen-bond donors (Lipinski definition) is 0. The molecule has 2 aromatic carbocycles. The van der Waals surface area contributed by atoms with Crippen LogP contribution in [0.15, 0.2) is 53.1 Å². The molecule has 0 bridgehead atoms. The molecule has 2 heterocycles. The number of carbonyl (C=O) groups is 1. The fraction of sp³-hybridized carbons (Fsp3) is 0.333. The number of aromatic nitrogens is 1. The summed E-state index contributed by atoms with van der Waals surface area (Å²) in [5.74, 6) is -1.59. The van der Waals surface area contributed by atoms with Gasteiger partial charge in [-0.1, -0.05) is 24.3 Å². The number of halogens is 5. The van der Waals surface area contributed by atoms with Crippen LogP contribution in [0, 0.1) is 11.6 Å². The van der Waals surface area contributed by atoms with E-state index in [9.17, 15) is 26.7 Å². The van der Waals surface area contributed by atoms with Gasteiger partial charge in [-0.3, -0.25) is 9.69 Å². The maximum Gasteiger partial charge on any atom is 0.416 e. The summed E-state index contributed by atoms with van der Waals surface area (Å²) in [5.41, 5.74) is -0.151. The van der Waals surface area contributed by atoms with Crippen molar-refractivity contribution in [3.05, 3.63) is 88.6 Å². The molecule has 1 amide bonds. The second-order valence-electron chi connectivity index (χ2n) is 8.20. The fourth-order valence-corrected chi connectivity index (χ4v) is 3.92. The number of amides is 1. The van der Waals surface area contributed by atoms with Gasteiger partial charge in [0.05, 0.1) is 12.1 Å². The summed E-state index contributed by atoms with van der Waals surface area (Å²) < 4.78 is 72.5. The van der Waals surface area contributed by atoms with E-state index in [0.717, 1.165) is 37.1 Å². The van der Waals surface area contributed by atoms with E-state index < -0.39 is 23.4 Å². The van der Waals surface area contributed by atoms with E-state index in [-0.39, 0.29) is 42.7 Å². The highest BCUT2D eigenvalue weighted by Crippen LogP contribution is 2.30. The molecule has 3 aromatic rings. The van der Waals surface area contributed by atoms with Crippen LogP contribution in [0.1, 0.15) is 45.9 Å². The summed E-state index contributed by atoms with van der Waals surface area (Å²) in [6, 6.07) is 7.95. The maximum absolute atomic E-state index is 14.3. The van der Waals surface area contributed by atoms with E-state index >= 15 is 0 Å². The third-order valence-electron chi connectivity index (χ3n) is 5.59. The SMILES string of the molecule is O=C(c1coc(CN(Cc2cccc(C(F)(F)F)c2)Cc2ccc(F)cc2F)n1)N1CCCC1. The molecule has 0 aliphatic carbocycles. The topological polar surface area (TPSA) is 49.6 Å². The van der Waals surface area contributed by atoms with Crippen LogP contribution in [0.2, 0.25) is 0 Å². The minimum atomic E-state index is -4.50. The lowest BCUT2D eigenvalue weighted by Gasteiger charge is -2.22. The molecule has 0 N–H and O–H groups in total. The van der Waals surface area contributed by atoms with Crippen LogP contribution in [0.5, 0.6) is 0 Å². The molecule has 0 spiro atoms. The molecule has 1 aliphatic heterocycles. The van der Waals surface area contributed by atoms with E-state index in [4.69, 9.17) is 4.42 Å². The van der Waals surface area contributed by atoms with Crippen molar-refractivity contribution in [3.63, 3.8) is 0 Å². The standard InChI is InChI=1S/C24H22F5N3O2/c25-19-7-6-17(20(26)11-19)13-31(12-16-4-3-5-18(10-16)24(27,28)29)14-22-30-21(15-34-22)23(33)32-8-1-2-9-32/h3-7,10-11,15H,1-2,8-9,12-14H2. The zero-order valence-electron chi connectivity index (χ0n) is 18.1. The summed E-state index contributed by atoms with van der Waals surface area (Å²) in [6.07, 6.45) is -1.41. The summed E-state index contributed by atoms with van der Waals surface area (Å²) in [4.78, 5) is 20.1. The molecule has 1 fully saturated rings. The van der Waals surface area contributed by atoms with Crippen LogP contribution in [-0.4, -0.2) is 33.8 Å². The first kappa shape index (κ1) is 23.9. The number of likely N-dealkylation sites (tertiary alicyclic amines) is 1. The molecular weight excluding hydrogens is 457 g/mol. The number of benzene rings is 2. The Morgan fingerprint density at radius 1 is 1.03 bits per heavy atom. The van der Waals surface area contributed by atoms with Crippen LogP contribution in [0.25, 0.3) is 0 Å². The van der Waals surface area contributed by atoms with Gasteiger partial charge in [0.15, 0.2) is 5.69 Å². The Kier molecular flexibility index (Phi) is 6.97. The van der Waals surface area contributed by atoms with Gasteiger partial charge in [0.25, 0.3) is 5.91 Å². The Balaban J connectivity index is 1.56. The Hall–Kier alpha value is -3.27. The third-order valence-corrected chi connectivity index (χ3v) is 5.59. The summed E-state index contributed by atoms with van der Waals surface area (Å²) in [6.45, 7) is 1.26. The first-order chi connectivity index (χ1) is 16.2. The van der Waals surface area contributed by atoms with Crippen molar-refractivity contribution in [1.29, 1.82) is 0 Å². The molecule has 5 nitrogen and oxygen atoms in total. The predicted molar refractivity (Wildman–Crippen MR) is 112 cm³/mol. The van der Waals surface area contributed by atoms with Crippen LogP contribution in [-0.2, 0) is 25.8 Å². The molecular formula is C24H22F5N3O2. The second kappa shape index (κ2) is 9.92. The van der Waals surface area contributed by atoms with E-state index in [1.165, 1.54) is 24.5 Å². The summed E-state index contributed by atoms with van der Waals surface area (Å²) >= 11 is 0. The van der Waals surface area contributed by atoms with Gasteiger partial charge in [-0.2, -0.15) is 13.2 Å². The number of carbonyl (C=O) groups excluding carboxylic acids is 1. The van der Waals surface area contributed by atoms with Crippen molar-refractivity contribution in [2.24, 2.45) is 0 Å². The fourth-order valence-electron chi connectivity index (χ4n) is 3.92. The quantitative estimate of drug-likeness (QED) is 0.426. The largest absolute Gasteiger partial charge is 0.447 e. The Morgan fingerprint density at radius 3 is 2.50 bits per heavy atom. The van der Waals surface area contributed by atoms with Crippen molar-refractivity contribution in [1.82, 2.24) is 14.8 Å². The van der Waals surface area contributed by atoms with E-state index in [1.54, 1.807) is 9.80 Å². The van der Waals surface area contributed by atoms with Gasteiger partial charge in [-0.15, -0.1) is 0 Å². The minimum Gasteiger partial charge on any atom is -0.447 e. The highest BCUT2D eigenvalue weighted by molar-refractivity contribution is 5.92. The third kappa shape index (κ3) is 5.80. The molecule has 1 aliphatic rings. The molecule has 10 heteroatoms. The normalized spacial score (nSPS) is 14.2. The number of oxazole rings is 1. The van der Waals surface area contributed by atoms with Crippen molar-refractivity contribution in [2.75, 3.05) is 13.1 Å². The average Bonchev–Trinajstić information content (AvgIpc) is 3.47. The molecule has 1 aromatic heterocycles. The molecule has 34 heavy (non-hydrogen) atoms. The van der Waals surface area contributed by atoms with Crippen molar-refractivity contribution < 1.29 is 31.2 Å². The van der Waals surface area contributed by atoms with Gasteiger partial charge in [-0.05, 0) is 30.5 Å². The van der Waals surface area contributed by atoms with E-state index in [1.807, 2.05) is 0 Å². The summed E-state index contributed by atoms with van der Waals surface area (Å²) in [5, 5.41) is 0. The first-order valence-electron chi connectivity index (χ1n) is 10.7. The molecule has 180 valence electrons. The number of alkyl halides is 3. The highest BCUT2D eigenvalue weighted by atomic mass is 19.4. The van der Waals surface area contributed by atoms with Gasteiger partial charge in [-0.25, -0.2) is 13.8 Å². The molecule has 0 radical (unpaired) electrons. The van der Waals surface area contributed by atoms with Crippen molar-refractivity contribution in [2.45, 2.75) is 38.7 Å². The van der Waals surface area contributed by atoms with Gasteiger partial charge in [0.1, 0.15) is 17.9 Å². The smallest absolute Gasteiger partial charge is 0.416 e. The molecule has 0 saturated carbocycles. The maximum atomic E-state index is 14.3. The lowest BCUT2D eigenvalue weighted by Crippen LogP contribution is -2.28. The Bertz CT molecular complexity index is 1160. The van der Waals surface area contributed by atoms with E-state index in [0.29, 0.717) is 18.7 Å². The Labute approximate surface area is 192 Å². The molecule has 0 unspecified atom stereocenters. The predicted octanol–water partition coefficient (Wildman–Crippen LogP) is 5.41. The molecule has 4 rings (SSSR count). The lowest BCUT2D eigenvalue weighted by atomic mass is 10.1. The second-order valence-corrected chi connectivity index (χ2v) is 8.20. The zero-order chi connectivity index (χ0) is 24.3. The monoisotopic (exact) mass is 479 g/mol. The summed E-state index contributed by atoms with van der Waals surface area (Å²) in [7, 11) is 0. The molecule has 0 atom stereocenters. The van der Waals surface area contributed by atoms with Gasteiger partial charge < -0.3 is 9.32 Å². The number of hydrogen-bond acceptors (Lipinski definition) is 4. The minimum absolute atomic E-state index is 0.000339. The van der Waals surface area contributed by atoms with Gasteiger partial charge in [0.2, 0.25) is 5.89 Å². The van der Waals surface area contributed by atoms with Gasteiger partial charge in [0, 0.05) is 37.8 Å². The first-order valence-corrected chi connectivity index (χ1v) is 10.7. The lowest BCUT2D eigenvalue weighted by molar-refractivity contribution is -0.137. The highest BCUT2D eigenvalue weighted by Gasteiger charge is 2.30.